The Morgan fingerprint density at radius 1 is 1.15 bits per heavy atom. The second-order valence-corrected chi connectivity index (χ2v) is 9.33. The summed E-state index contributed by atoms with van der Waals surface area (Å²) in [4.78, 5) is 14.2. The molecule has 2 heterocycles. The summed E-state index contributed by atoms with van der Waals surface area (Å²) in [6.45, 7) is 7.29. The van der Waals surface area contributed by atoms with Crippen LogP contribution in [0.4, 0.5) is 0 Å². The highest BCUT2D eigenvalue weighted by Crippen LogP contribution is 2.46. The van der Waals surface area contributed by atoms with Gasteiger partial charge in [-0.1, -0.05) is 31.4 Å². The molecule has 33 heavy (non-hydrogen) atoms. The fourth-order valence-electron chi connectivity index (χ4n) is 5.80. The van der Waals surface area contributed by atoms with Crippen LogP contribution in [0.5, 0.6) is 5.75 Å². The number of aromatic nitrogens is 1. The summed E-state index contributed by atoms with van der Waals surface area (Å²) >= 11 is 0. The van der Waals surface area contributed by atoms with Crippen molar-refractivity contribution in [2.45, 2.75) is 51.1 Å². The predicted molar refractivity (Wildman–Crippen MR) is 132 cm³/mol. The summed E-state index contributed by atoms with van der Waals surface area (Å²) in [7, 11) is 1.71. The van der Waals surface area contributed by atoms with Crippen molar-refractivity contribution in [2.24, 2.45) is 0 Å². The van der Waals surface area contributed by atoms with E-state index in [1.54, 1.807) is 13.2 Å². The highest BCUT2D eigenvalue weighted by atomic mass is 16.5. The van der Waals surface area contributed by atoms with E-state index in [0.717, 1.165) is 37.4 Å². The first kappa shape index (κ1) is 21.8. The third kappa shape index (κ3) is 3.95. The van der Waals surface area contributed by atoms with Crippen molar-refractivity contribution in [2.75, 3.05) is 20.2 Å². The maximum absolute atomic E-state index is 11.8. The zero-order valence-electron chi connectivity index (χ0n) is 19.3. The molecule has 5 nitrogen and oxygen atoms in total. The van der Waals surface area contributed by atoms with E-state index in [4.69, 9.17) is 4.74 Å². The average molecular weight is 445 g/mol. The van der Waals surface area contributed by atoms with E-state index < -0.39 is 5.97 Å². The number of nitrogens with zero attached hydrogens (tertiary/aromatic N) is 2. The molecule has 0 atom stereocenters. The molecule has 3 aromatic rings. The van der Waals surface area contributed by atoms with E-state index in [9.17, 15) is 9.90 Å². The molecule has 0 bridgehead atoms. The Kier molecular flexibility index (Phi) is 5.98. The fourth-order valence-corrected chi connectivity index (χ4v) is 5.80. The Hall–Kier alpha value is -3.05. The molecule has 172 valence electrons. The molecule has 1 aromatic heterocycles. The van der Waals surface area contributed by atoms with Crippen LogP contribution in [0.25, 0.3) is 22.2 Å². The minimum absolute atomic E-state index is 0.345. The third-order valence-corrected chi connectivity index (χ3v) is 7.35. The van der Waals surface area contributed by atoms with Crippen molar-refractivity contribution < 1.29 is 14.6 Å². The van der Waals surface area contributed by atoms with E-state index in [0.29, 0.717) is 11.5 Å². The molecule has 2 aromatic carbocycles. The largest absolute Gasteiger partial charge is 0.497 e. The number of ether oxygens (including phenoxy) is 1. The Morgan fingerprint density at radius 3 is 2.70 bits per heavy atom. The molecule has 0 spiro atoms. The van der Waals surface area contributed by atoms with Gasteiger partial charge in [-0.25, -0.2) is 4.79 Å². The fraction of sp³-hybridized carbons (Fsp3) is 0.393. The quantitative estimate of drug-likeness (QED) is 0.486. The van der Waals surface area contributed by atoms with Crippen LogP contribution in [0.2, 0.25) is 0 Å². The first-order valence-corrected chi connectivity index (χ1v) is 12.0. The number of hydrogen-bond donors (Lipinski definition) is 1. The van der Waals surface area contributed by atoms with Gasteiger partial charge in [0.1, 0.15) is 5.75 Å². The summed E-state index contributed by atoms with van der Waals surface area (Å²) in [5.41, 5.74) is 6.54. The van der Waals surface area contributed by atoms with Crippen molar-refractivity contribution in [3.05, 3.63) is 65.7 Å². The van der Waals surface area contributed by atoms with E-state index in [-0.39, 0.29) is 0 Å². The molecule has 1 aliphatic heterocycles. The van der Waals surface area contributed by atoms with Gasteiger partial charge in [0.15, 0.2) is 0 Å². The van der Waals surface area contributed by atoms with Gasteiger partial charge in [0.2, 0.25) is 0 Å². The van der Waals surface area contributed by atoms with Crippen LogP contribution >= 0.6 is 0 Å². The van der Waals surface area contributed by atoms with Crippen molar-refractivity contribution >= 4 is 16.9 Å². The minimum Gasteiger partial charge on any atom is -0.497 e. The predicted octanol–water partition coefficient (Wildman–Crippen LogP) is 6.06. The lowest BCUT2D eigenvalue weighted by molar-refractivity contribution is 0.0697. The van der Waals surface area contributed by atoms with Gasteiger partial charge < -0.3 is 14.4 Å². The molecule has 0 radical (unpaired) electrons. The van der Waals surface area contributed by atoms with E-state index in [1.807, 2.05) is 24.3 Å². The van der Waals surface area contributed by atoms with E-state index >= 15 is 0 Å². The smallest absolute Gasteiger partial charge is 0.335 e. The van der Waals surface area contributed by atoms with Crippen LogP contribution in [0.1, 0.15) is 59.5 Å². The Morgan fingerprint density at radius 2 is 1.97 bits per heavy atom. The summed E-state index contributed by atoms with van der Waals surface area (Å²) in [6, 6.07) is 12.1. The molecule has 1 saturated carbocycles. The number of fused-ring (bicyclic) bond motifs is 5. The molecular weight excluding hydrogens is 412 g/mol. The summed E-state index contributed by atoms with van der Waals surface area (Å²) in [5, 5.41) is 10.9. The number of benzene rings is 2. The first-order chi connectivity index (χ1) is 16.1. The lowest BCUT2D eigenvalue weighted by Crippen LogP contribution is -2.29. The van der Waals surface area contributed by atoms with Gasteiger partial charge in [-0.15, -0.1) is 6.58 Å². The number of carbonyl (C=O) groups is 1. The molecular formula is C28H32N2O3. The molecule has 0 amide bonds. The van der Waals surface area contributed by atoms with Crippen LogP contribution in [-0.4, -0.2) is 40.7 Å². The standard InChI is InChI=1S/C28H32N2O3/c1-3-13-29-14-15-30-25-17-20(28(31)32)9-11-24(25)26(19-7-5-4-6-8-19)27(30)23-12-10-22(33-2)16-21(23)18-29/h3,9-12,16-17,19H,1,4-8,13-15,18H2,2H3,(H,31,32). The molecule has 5 rings (SSSR count). The van der Waals surface area contributed by atoms with Crippen LogP contribution < -0.4 is 4.74 Å². The lowest BCUT2D eigenvalue weighted by Gasteiger charge is -2.29. The van der Waals surface area contributed by atoms with Crippen LogP contribution in [0.15, 0.2) is 49.1 Å². The molecule has 1 N–H and O–H groups in total. The second-order valence-electron chi connectivity index (χ2n) is 9.33. The number of hydrogen-bond acceptors (Lipinski definition) is 3. The highest BCUT2D eigenvalue weighted by Gasteiger charge is 2.29. The molecule has 0 unspecified atom stereocenters. The Labute approximate surface area is 195 Å². The normalized spacial score (nSPS) is 17.1. The monoisotopic (exact) mass is 444 g/mol. The van der Waals surface area contributed by atoms with Crippen LogP contribution in [0.3, 0.4) is 0 Å². The van der Waals surface area contributed by atoms with Crippen molar-refractivity contribution in [3.8, 4) is 17.0 Å². The minimum atomic E-state index is -0.879. The van der Waals surface area contributed by atoms with Gasteiger partial charge >= 0.3 is 5.97 Å². The van der Waals surface area contributed by atoms with Gasteiger partial charge in [-0.2, -0.15) is 0 Å². The van der Waals surface area contributed by atoms with Gasteiger partial charge in [0.25, 0.3) is 0 Å². The molecule has 1 fully saturated rings. The number of rotatable bonds is 5. The number of carboxylic acid groups (broad SMARTS) is 1. The zero-order chi connectivity index (χ0) is 22.9. The summed E-state index contributed by atoms with van der Waals surface area (Å²) in [6.07, 6.45) is 8.16. The third-order valence-electron chi connectivity index (χ3n) is 7.35. The Balaban J connectivity index is 1.80. The van der Waals surface area contributed by atoms with Crippen molar-refractivity contribution in [3.63, 3.8) is 0 Å². The average Bonchev–Trinajstić information content (AvgIpc) is 3.14. The van der Waals surface area contributed by atoms with Crippen LogP contribution in [-0.2, 0) is 13.1 Å². The first-order valence-electron chi connectivity index (χ1n) is 12.0. The van der Waals surface area contributed by atoms with E-state index in [1.165, 1.54) is 59.9 Å². The van der Waals surface area contributed by atoms with Gasteiger partial charge in [-0.3, -0.25) is 4.90 Å². The number of methoxy groups -OCH3 is 1. The van der Waals surface area contributed by atoms with E-state index in [2.05, 4.69) is 28.2 Å². The highest BCUT2D eigenvalue weighted by molar-refractivity contribution is 5.98. The van der Waals surface area contributed by atoms with Gasteiger partial charge in [0, 0.05) is 42.6 Å². The molecule has 0 saturated heterocycles. The number of aromatic carboxylic acids is 1. The topological polar surface area (TPSA) is 54.7 Å². The van der Waals surface area contributed by atoms with Crippen molar-refractivity contribution in [1.29, 1.82) is 0 Å². The Bertz CT molecular complexity index is 1200. The van der Waals surface area contributed by atoms with Crippen LogP contribution in [0, 0.1) is 0 Å². The van der Waals surface area contributed by atoms with Crippen molar-refractivity contribution in [1.82, 2.24) is 9.47 Å². The SMILES string of the molecule is C=CCN1CCn2c(c(C3CCCCC3)c3ccc(C(=O)O)cc32)-c2ccc(OC)cc2C1. The van der Waals surface area contributed by atoms with Gasteiger partial charge in [-0.05, 0) is 60.2 Å². The maximum atomic E-state index is 11.8. The second kappa shape index (κ2) is 9.06. The summed E-state index contributed by atoms with van der Waals surface area (Å²) in [5.74, 6) is 0.491. The van der Waals surface area contributed by atoms with Gasteiger partial charge in [0.05, 0.1) is 18.4 Å². The molecule has 1 aliphatic carbocycles. The molecule has 2 aliphatic rings. The zero-order valence-corrected chi connectivity index (χ0v) is 19.3. The molecule has 5 heteroatoms. The maximum Gasteiger partial charge on any atom is 0.335 e. The number of carboxylic acids is 1. The summed E-state index contributed by atoms with van der Waals surface area (Å²) < 4.78 is 7.95. The lowest BCUT2D eigenvalue weighted by atomic mass is 9.81.